The van der Waals surface area contributed by atoms with E-state index in [0.717, 1.165) is 52.0 Å². The molecule has 0 fully saturated rings. The van der Waals surface area contributed by atoms with E-state index in [4.69, 9.17) is 14.2 Å². The van der Waals surface area contributed by atoms with Gasteiger partial charge in [0.2, 0.25) is 0 Å². The van der Waals surface area contributed by atoms with Crippen molar-refractivity contribution in [3.63, 3.8) is 0 Å². The van der Waals surface area contributed by atoms with E-state index in [9.17, 15) is 30.1 Å². The molecule has 0 saturated heterocycles. The lowest BCUT2D eigenvalue weighted by molar-refractivity contribution is 0.0139. The molecule has 0 radical (unpaired) electrons. The molecular formula is C80H85B3N4O9. The first-order chi connectivity index (χ1) is 47.1. The first-order valence-electron chi connectivity index (χ1n) is 33.3. The Kier molecular flexibility index (Phi) is 25.0. The molecule has 0 aromatic heterocycles. The Morgan fingerprint density at radius 1 is 0.333 bits per heavy atom. The molecule has 13 nitrogen and oxygen atoms in total. The maximum atomic E-state index is 10.5. The number of hydrogen-bond donors (Lipinski definition) is 7. The van der Waals surface area contributed by atoms with E-state index in [-0.39, 0.29) is 0 Å². The van der Waals surface area contributed by atoms with E-state index < -0.39 is 26.9 Å². The molecule has 0 aliphatic carbocycles. The fraction of sp³-hybridized carbons (Fsp3) is 0.225. The molecule has 0 unspecified atom stereocenters. The molecule has 0 atom stereocenters. The maximum absolute atomic E-state index is 10.5. The van der Waals surface area contributed by atoms with Gasteiger partial charge in [0, 0.05) is 76.7 Å². The molecule has 0 aliphatic heterocycles. The number of nitrogens with one attached hydrogen (secondary N) is 1. The number of hydrogen-bond acceptors (Lipinski definition) is 13. The SMILES string of the molecule is OB(O)c1ccccc1CN(Cc1ccc(CN(Cc2ccccc2B(O)O)Cc2c3ccccc3cc3ccccc23)cc1)Cc1ccc(CN(CCCOCCOCCOCCCNC(c2ccccc2)(c2ccccc2)c2ccccc2)c2ccccc2B(O)O)cc1. The summed E-state index contributed by atoms with van der Waals surface area (Å²) >= 11 is 0. The van der Waals surface area contributed by atoms with Gasteiger partial charge in [0.25, 0.3) is 0 Å². The molecule has 0 aliphatic rings. The van der Waals surface area contributed by atoms with Gasteiger partial charge in [-0.05, 0) is 120 Å². The zero-order valence-corrected chi connectivity index (χ0v) is 54.4. The third-order valence-corrected chi connectivity index (χ3v) is 17.8. The van der Waals surface area contributed by atoms with Crippen molar-refractivity contribution < 1.29 is 44.4 Å². The van der Waals surface area contributed by atoms with Crippen LogP contribution in [0, 0.1) is 0 Å². The third-order valence-electron chi connectivity index (χ3n) is 17.8. The zero-order valence-electron chi connectivity index (χ0n) is 54.4. The van der Waals surface area contributed by atoms with Crippen LogP contribution in [0.3, 0.4) is 0 Å². The van der Waals surface area contributed by atoms with Gasteiger partial charge in [-0.2, -0.15) is 0 Å². The lowest BCUT2D eigenvalue weighted by Gasteiger charge is -2.37. The standard InChI is InChI=1S/C80H85B3N4O9/c88-81(89)76-34-16-12-24-68(76)59-85(55-62-38-40-64(41-39-62)57-86(60-69-25-13-17-35-77(69)82(90)91)61-75-73-32-14-10-22-66(73)54-67-23-11-15-33-74(67)75)56-63-42-44-65(45-43-63)58-87(79-37-19-18-36-78(79)83(92)93)47-21-49-95-51-53-96-52-50-94-48-20-46-84-80(70-26-4-1-5-27-70,71-28-6-2-7-29-71)72-30-8-3-9-31-72/h1-19,22-45,54,84,88-93H,20-21,46-53,55-61H2. The van der Waals surface area contributed by atoms with Crippen LogP contribution in [-0.4, -0.2) is 114 Å². The fourth-order valence-corrected chi connectivity index (χ4v) is 13.2. The summed E-state index contributed by atoms with van der Waals surface area (Å²) in [6.07, 6.45) is 1.51. The second-order valence-electron chi connectivity index (χ2n) is 24.5. The van der Waals surface area contributed by atoms with E-state index in [1.807, 2.05) is 54.6 Å². The average molecular weight is 1280 g/mol. The normalized spacial score (nSPS) is 11.7. The predicted molar refractivity (Wildman–Crippen MR) is 389 cm³/mol. The second kappa shape index (κ2) is 34.9. The highest BCUT2D eigenvalue weighted by Gasteiger charge is 2.35. The van der Waals surface area contributed by atoms with Crippen LogP contribution in [0.2, 0.25) is 0 Å². The summed E-state index contributed by atoms with van der Waals surface area (Å²) in [5, 5.41) is 71.4. The van der Waals surface area contributed by atoms with E-state index in [0.29, 0.717) is 115 Å². The van der Waals surface area contributed by atoms with E-state index in [1.54, 1.807) is 18.2 Å². The Balaban J connectivity index is 0.692. The van der Waals surface area contributed by atoms with Crippen molar-refractivity contribution in [2.24, 2.45) is 0 Å². The van der Waals surface area contributed by atoms with Crippen molar-refractivity contribution in [1.82, 2.24) is 15.1 Å². The van der Waals surface area contributed by atoms with Gasteiger partial charge in [0.1, 0.15) is 0 Å². The monoisotopic (exact) mass is 1280 g/mol. The van der Waals surface area contributed by atoms with Crippen LogP contribution >= 0.6 is 0 Å². The Morgan fingerprint density at radius 3 is 1.16 bits per heavy atom. The summed E-state index contributed by atoms with van der Waals surface area (Å²) in [6, 6.07) is 90.5. The molecule has 11 aromatic carbocycles. The topological polar surface area (TPSA) is 171 Å². The molecule has 0 spiro atoms. The number of para-hydroxylation sites is 1. The molecule has 11 rings (SSSR count). The Bertz CT molecular complexity index is 4010. The lowest BCUT2D eigenvalue weighted by atomic mass is 9.77. The van der Waals surface area contributed by atoms with E-state index in [2.05, 4.69) is 214 Å². The van der Waals surface area contributed by atoms with Gasteiger partial charge >= 0.3 is 21.4 Å². The van der Waals surface area contributed by atoms with Crippen LogP contribution in [-0.2, 0) is 65.6 Å². The molecule has 0 bridgehead atoms. The van der Waals surface area contributed by atoms with Crippen LogP contribution in [0.1, 0.15) is 68.5 Å². The smallest absolute Gasteiger partial charge is 0.423 e. The first-order valence-corrected chi connectivity index (χ1v) is 33.3. The van der Waals surface area contributed by atoms with Gasteiger partial charge in [-0.25, -0.2) is 0 Å². The van der Waals surface area contributed by atoms with Gasteiger partial charge in [-0.1, -0.05) is 255 Å². The van der Waals surface area contributed by atoms with Gasteiger partial charge in [-0.15, -0.1) is 0 Å². The Morgan fingerprint density at radius 2 is 0.698 bits per heavy atom. The summed E-state index contributed by atoms with van der Waals surface area (Å²) in [4.78, 5) is 6.84. The highest BCUT2D eigenvalue weighted by molar-refractivity contribution is 6.60. The van der Waals surface area contributed by atoms with E-state index in [1.165, 1.54) is 43.8 Å². The molecular weight excluding hydrogens is 1190 g/mol. The van der Waals surface area contributed by atoms with Crippen LogP contribution in [0.4, 0.5) is 5.69 Å². The first kappa shape index (κ1) is 68.8. The van der Waals surface area contributed by atoms with Crippen molar-refractivity contribution in [2.75, 3.05) is 57.6 Å². The molecule has 0 saturated carbocycles. The molecule has 488 valence electrons. The third kappa shape index (κ3) is 18.3. The van der Waals surface area contributed by atoms with Crippen molar-refractivity contribution in [3.8, 4) is 0 Å². The van der Waals surface area contributed by atoms with Crippen molar-refractivity contribution in [3.05, 3.63) is 323 Å². The number of anilines is 1. The van der Waals surface area contributed by atoms with Gasteiger partial charge < -0.3 is 49.3 Å². The molecule has 16 heteroatoms. The molecule has 7 N–H and O–H groups in total. The number of benzene rings is 11. The summed E-state index contributed by atoms with van der Waals surface area (Å²) < 4.78 is 18.0. The number of nitrogens with zero attached hydrogens (tertiary/aromatic N) is 3. The molecule has 96 heavy (non-hydrogen) atoms. The van der Waals surface area contributed by atoms with Crippen LogP contribution in [0.15, 0.2) is 267 Å². The van der Waals surface area contributed by atoms with E-state index >= 15 is 0 Å². The minimum absolute atomic E-state index is 0.426. The van der Waals surface area contributed by atoms with Gasteiger partial charge in [-0.3, -0.25) is 15.1 Å². The predicted octanol–water partition coefficient (Wildman–Crippen LogP) is 9.86. The molecule has 0 heterocycles. The minimum Gasteiger partial charge on any atom is -0.423 e. The Hall–Kier alpha value is -8.55. The lowest BCUT2D eigenvalue weighted by Crippen LogP contribution is -2.45. The fourth-order valence-electron chi connectivity index (χ4n) is 13.2. The zero-order chi connectivity index (χ0) is 66.3. The maximum Gasteiger partial charge on any atom is 0.490 e. The van der Waals surface area contributed by atoms with Crippen molar-refractivity contribution in [2.45, 2.75) is 64.2 Å². The quantitative estimate of drug-likeness (QED) is 0.00858. The van der Waals surface area contributed by atoms with Crippen LogP contribution in [0.25, 0.3) is 21.5 Å². The number of ether oxygens (including phenoxy) is 3. The summed E-state index contributed by atoms with van der Waals surface area (Å²) in [5.74, 6) is 0. The summed E-state index contributed by atoms with van der Waals surface area (Å²) in [7, 11) is -4.87. The van der Waals surface area contributed by atoms with Crippen LogP contribution in [0.5, 0.6) is 0 Å². The number of rotatable bonds is 36. The van der Waals surface area contributed by atoms with Crippen LogP contribution < -0.4 is 26.6 Å². The summed E-state index contributed by atoms with van der Waals surface area (Å²) in [6.45, 7) is 8.06. The van der Waals surface area contributed by atoms with Gasteiger partial charge in [0.05, 0.1) is 32.0 Å². The largest absolute Gasteiger partial charge is 0.490 e. The van der Waals surface area contributed by atoms with Crippen molar-refractivity contribution >= 4 is 65.0 Å². The molecule has 0 amide bonds. The highest BCUT2D eigenvalue weighted by Crippen LogP contribution is 2.37. The second-order valence-corrected chi connectivity index (χ2v) is 24.5. The number of fused-ring (bicyclic) bond motifs is 2. The van der Waals surface area contributed by atoms with Crippen molar-refractivity contribution in [1.29, 1.82) is 0 Å². The molecule has 11 aromatic rings. The average Bonchev–Trinajstić information content (AvgIpc) is 0.769. The Labute approximate surface area is 565 Å². The van der Waals surface area contributed by atoms with Gasteiger partial charge in [0.15, 0.2) is 0 Å². The summed E-state index contributed by atoms with van der Waals surface area (Å²) in [5.41, 5.74) is 12.3. The highest BCUT2D eigenvalue weighted by atomic mass is 16.5. The minimum atomic E-state index is -1.65.